The molecule has 3 nitrogen and oxygen atoms in total. The smallest absolute Gasteiger partial charge is 0.232 e. The quantitative estimate of drug-likeness (QED) is 0.641. The molecular weight excluding hydrogens is 396 g/mol. The number of carbonyl (C=O) groups is 1. The molecule has 1 aromatic carbocycles. The Morgan fingerprint density at radius 1 is 1.08 bits per heavy atom. The number of anilines is 1. The van der Waals surface area contributed by atoms with Gasteiger partial charge in [-0.05, 0) is 91.8 Å². The predicted octanol–water partition coefficient (Wildman–Crippen LogP) is 5.26. The van der Waals surface area contributed by atoms with Crippen molar-refractivity contribution in [3.05, 3.63) is 28.7 Å². The van der Waals surface area contributed by atoms with Crippen molar-refractivity contribution in [2.75, 3.05) is 5.32 Å². The summed E-state index contributed by atoms with van der Waals surface area (Å²) in [5, 5.41) is 6.54. The van der Waals surface area contributed by atoms with Crippen molar-refractivity contribution < 1.29 is 4.79 Å². The fourth-order valence-corrected chi connectivity index (χ4v) is 7.11. The van der Waals surface area contributed by atoms with Gasteiger partial charge in [0.05, 0.1) is 5.41 Å². The van der Waals surface area contributed by atoms with E-state index in [2.05, 4.69) is 40.4 Å². The van der Waals surface area contributed by atoms with Gasteiger partial charge in [0.2, 0.25) is 5.91 Å². The van der Waals surface area contributed by atoms with Crippen LogP contribution in [0, 0.1) is 22.2 Å². The fourth-order valence-electron chi connectivity index (χ4n) is 6.63. The van der Waals surface area contributed by atoms with Crippen molar-refractivity contribution in [1.82, 2.24) is 5.32 Å². The number of hydrogen-bond donors (Lipinski definition) is 2. The van der Waals surface area contributed by atoms with Gasteiger partial charge in [-0.1, -0.05) is 29.8 Å². The van der Waals surface area contributed by atoms with E-state index in [-0.39, 0.29) is 11.3 Å². The highest BCUT2D eigenvalue weighted by molar-refractivity contribution is 9.10. The monoisotopic (exact) mass is 420 g/mol. The van der Waals surface area contributed by atoms with Crippen molar-refractivity contribution in [1.29, 1.82) is 0 Å². The highest BCUT2D eigenvalue weighted by Crippen LogP contribution is 2.69. The lowest BCUT2D eigenvalue weighted by atomic mass is 9.40. The van der Waals surface area contributed by atoms with Crippen LogP contribution in [0.5, 0.6) is 0 Å². The number of rotatable bonds is 2. The molecule has 5 heteroatoms. The van der Waals surface area contributed by atoms with Gasteiger partial charge < -0.3 is 10.6 Å². The Morgan fingerprint density at radius 2 is 1.68 bits per heavy atom. The highest BCUT2D eigenvalue weighted by Gasteiger charge is 2.62. The average molecular weight is 421 g/mol. The average Bonchev–Trinajstić information content (AvgIpc) is 2.45. The number of benzene rings is 1. The van der Waals surface area contributed by atoms with Gasteiger partial charge >= 0.3 is 0 Å². The molecule has 1 amide bonds. The molecule has 0 unspecified atom stereocenters. The summed E-state index contributed by atoms with van der Waals surface area (Å²) in [6, 6.07) is 7.78. The fraction of sp³-hybridized carbons (Fsp3) is 0.600. The molecule has 134 valence electrons. The minimum absolute atomic E-state index is 0.128. The van der Waals surface area contributed by atoms with Crippen molar-refractivity contribution in [3.8, 4) is 0 Å². The summed E-state index contributed by atoms with van der Waals surface area (Å²) in [5.41, 5.74) is 1.31. The van der Waals surface area contributed by atoms with Crippen molar-refractivity contribution in [3.63, 3.8) is 0 Å². The highest BCUT2D eigenvalue weighted by atomic mass is 79.9. The molecule has 4 bridgehead atoms. The first-order valence-corrected chi connectivity index (χ1v) is 10.3. The normalized spacial score (nSPS) is 38.4. The molecule has 0 heterocycles. The second kappa shape index (κ2) is 5.78. The number of halogens is 1. The van der Waals surface area contributed by atoms with Crippen LogP contribution >= 0.6 is 28.1 Å². The van der Waals surface area contributed by atoms with E-state index >= 15 is 0 Å². The van der Waals surface area contributed by atoms with E-state index in [4.69, 9.17) is 12.2 Å². The number of hydrogen-bond acceptors (Lipinski definition) is 2. The van der Waals surface area contributed by atoms with E-state index in [1.54, 1.807) is 0 Å². The Labute approximate surface area is 163 Å². The first kappa shape index (κ1) is 17.5. The minimum atomic E-state index is -0.228. The van der Waals surface area contributed by atoms with Crippen LogP contribution < -0.4 is 10.6 Å². The molecule has 5 rings (SSSR count). The van der Waals surface area contributed by atoms with Crippen LogP contribution in [-0.4, -0.2) is 11.0 Å². The molecule has 4 aliphatic rings. The van der Waals surface area contributed by atoms with E-state index in [0.717, 1.165) is 29.4 Å². The molecular formula is C20H25BrN2OS. The van der Waals surface area contributed by atoms with Crippen LogP contribution in [-0.2, 0) is 4.79 Å². The molecule has 4 saturated carbocycles. The summed E-state index contributed by atoms with van der Waals surface area (Å²) in [6.45, 7) is 4.77. The topological polar surface area (TPSA) is 41.1 Å². The number of nitrogens with one attached hydrogen (secondary N) is 2. The summed E-state index contributed by atoms with van der Waals surface area (Å²) in [4.78, 5) is 13.2. The SMILES string of the molecule is C[C@@]12CC3CC(C(=O)NC(=S)Nc4ccc(Br)cc4)(C1)C[C@@](C)(C3)C2. The molecule has 4 aliphatic carbocycles. The predicted molar refractivity (Wildman–Crippen MR) is 108 cm³/mol. The lowest BCUT2D eigenvalue weighted by Gasteiger charge is -2.64. The lowest BCUT2D eigenvalue weighted by Crippen LogP contribution is -2.60. The van der Waals surface area contributed by atoms with Gasteiger partial charge in [0.25, 0.3) is 0 Å². The maximum absolute atomic E-state index is 13.2. The van der Waals surface area contributed by atoms with Gasteiger partial charge in [-0.25, -0.2) is 0 Å². The van der Waals surface area contributed by atoms with Crippen LogP contribution in [0.25, 0.3) is 0 Å². The Bertz CT molecular complexity index is 714. The van der Waals surface area contributed by atoms with Gasteiger partial charge in [-0.2, -0.15) is 0 Å². The third-order valence-electron chi connectivity index (χ3n) is 6.44. The number of carbonyl (C=O) groups excluding carboxylic acids is 1. The third kappa shape index (κ3) is 3.25. The van der Waals surface area contributed by atoms with E-state index in [9.17, 15) is 4.79 Å². The first-order valence-electron chi connectivity index (χ1n) is 9.08. The van der Waals surface area contributed by atoms with Gasteiger partial charge in [-0.15, -0.1) is 0 Å². The second-order valence-corrected chi connectivity index (χ2v) is 10.6. The largest absolute Gasteiger partial charge is 0.332 e. The maximum Gasteiger partial charge on any atom is 0.232 e. The first-order chi connectivity index (χ1) is 11.7. The summed E-state index contributed by atoms with van der Waals surface area (Å²) in [5.74, 6) is 0.827. The zero-order valence-corrected chi connectivity index (χ0v) is 17.2. The van der Waals surface area contributed by atoms with Gasteiger partial charge in [-0.3, -0.25) is 4.79 Å². The Hall–Kier alpha value is -0.940. The second-order valence-electron chi connectivity index (χ2n) is 9.33. The summed E-state index contributed by atoms with van der Waals surface area (Å²) < 4.78 is 1.02. The van der Waals surface area contributed by atoms with E-state index in [0.29, 0.717) is 21.9 Å². The van der Waals surface area contributed by atoms with Crippen molar-refractivity contribution >= 4 is 44.9 Å². The van der Waals surface area contributed by atoms with Crippen LogP contribution in [0.15, 0.2) is 28.7 Å². The van der Waals surface area contributed by atoms with Crippen molar-refractivity contribution in [2.45, 2.75) is 52.4 Å². The third-order valence-corrected chi connectivity index (χ3v) is 7.17. The summed E-state index contributed by atoms with van der Waals surface area (Å²) in [6.07, 6.45) is 6.91. The van der Waals surface area contributed by atoms with Crippen LogP contribution in [0.2, 0.25) is 0 Å². The zero-order valence-electron chi connectivity index (χ0n) is 14.8. The summed E-state index contributed by atoms with van der Waals surface area (Å²) in [7, 11) is 0. The van der Waals surface area contributed by atoms with Crippen LogP contribution in [0.4, 0.5) is 5.69 Å². The molecule has 0 radical (unpaired) electrons. The molecule has 2 N–H and O–H groups in total. The molecule has 0 spiro atoms. The lowest BCUT2D eigenvalue weighted by molar-refractivity contribution is -0.168. The van der Waals surface area contributed by atoms with Crippen LogP contribution in [0.3, 0.4) is 0 Å². The van der Waals surface area contributed by atoms with E-state index in [1.807, 2.05) is 24.3 Å². The Morgan fingerprint density at radius 3 is 2.24 bits per heavy atom. The van der Waals surface area contributed by atoms with Crippen LogP contribution in [0.1, 0.15) is 52.4 Å². The summed E-state index contributed by atoms with van der Waals surface area (Å²) >= 11 is 8.82. The van der Waals surface area contributed by atoms with Gasteiger partial charge in [0.15, 0.2) is 5.11 Å². The van der Waals surface area contributed by atoms with Gasteiger partial charge in [0, 0.05) is 10.2 Å². The Kier molecular flexibility index (Phi) is 4.04. The standard InChI is InChI=1S/C20H25BrN2OS/c1-18-7-13-8-19(2,10-18)12-20(9-13,11-18)16(24)23-17(25)22-15-5-3-14(21)4-6-15/h3-6,13H,7-12H2,1-2H3,(H2,22,23,24,25)/t13?,18-,19-,20?/m0/s1. The molecule has 0 saturated heterocycles. The molecule has 0 aromatic heterocycles. The Balaban J connectivity index is 1.47. The maximum atomic E-state index is 13.2. The van der Waals surface area contributed by atoms with Crippen molar-refractivity contribution in [2.24, 2.45) is 22.2 Å². The molecule has 1 aromatic rings. The van der Waals surface area contributed by atoms with E-state index < -0.39 is 0 Å². The number of thiocarbonyl (C=S) groups is 1. The number of amides is 1. The van der Waals surface area contributed by atoms with E-state index in [1.165, 1.54) is 19.3 Å². The zero-order chi connectivity index (χ0) is 17.9. The minimum Gasteiger partial charge on any atom is -0.332 e. The molecule has 0 aliphatic heterocycles. The molecule has 2 atom stereocenters. The molecule has 25 heavy (non-hydrogen) atoms. The van der Waals surface area contributed by atoms with Gasteiger partial charge in [0.1, 0.15) is 0 Å². The molecule has 4 fully saturated rings.